The highest BCUT2D eigenvalue weighted by molar-refractivity contribution is 7.89. The summed E-state index contributed by atoms with van der Waals surface area (Å²) in [7, 11) is -3.56. The molecule has 0 spiro atoms. The van der Waals surface area contributed by atoms with Crippen molar-refractivity contribution in [2.75, 3.05) is 13.1 Å². The van der Waals surface area contributed by atoms with E-state index in [1.54, 1.807) is 19.1 Å². The molecule has 0 radical (unpaired) electrons. The van der Waals surface area contributed by atoms with E-state index >= 15 is 0 Å². The topological polar surface area (TPSA) is 87.2 Å². The first-order chi connectivity index (χ1) is 9.64. The van der Waals surface area contributed by atoms with Crippen LogP contribution in [0.1, 0.15) is 31.4 Å². The first-order valence-electron chi connectivity index (χ1n) is 7.05. The van der Waals surface area contributed by atoms with Gasteiger partial charge in [0.25, 0.3) is 0 Å². The predicted octanol–water partition coefficient (Wildman–Crippen LogP) is 2.28. The van der Waals surface area contributed by atoms with Crippen LogP contribution < -0.4 is 5.73 Å². The van der Waals surface area contributed by atoms with Crippen LogP contribution in [-0.2, 0) is 10.0 Å². The van der Waals surface area contributed by atoms with Crippen molar-refractivity contribution in [1.29, 1.82) is 5.41 Å². The number of amidine groups is 1. The maximum absolute atomic E-state index is 12.8. The van der Waals surface area contributed by atoms with Gasteiger partial charge in [0.15, 0.2) is 0 Å². The summed E-state index contributed by atoms with van der Waals surface area (Å²) in [6, 6.07) is 5.32. The molecule has 0 aromatic heterocycles. The molecular weight excluding hydrogens is 286 g/mol. The van der Waals surface area contributed by atoms with Gasteiger partial charge in [-0.25, -0.2) is 8.42 Å². The summed E-state index contributed by atoms with van der Waals surface area (Å²) in [6.07, 6.45) is 0.247. The van der Waals surface area contributed by atoms with E-state index in [2.05, 4.69) is 0 Å². The van der Waals surface area contributed by atoms with E-state index in [1.165, 1.54) is 4.31 Å². The van der Waals surface area contributed by atoms with E-state index in [0.29, 0.717) is 11.4 Å². The van der Waals surface area contributed by atoms with Gasteiger partial charge < -0.3 is 5.73 Å². The summed E-state index contributed by atoms with van der Waals surface area (Å²) in [5, 5.41) is 7.31. The van der Waals surface area contributed by atoms with Crippen LogP contribution >= 0.6 is 0 Å². The molecule has 0 aliphatic carbocycles. The molecule has 0 aliphatic rings. The lowest BCUT2D eigenvalue weighted by Crippen LogP contribution is -2.37. The summed E-state index contributed by atoms with van der Waals surface area (Å²) < 4.78 is 27.1. The molecule has 118 valence electrons. The molecule has 0 amide bonds. The van der Waals surface area contributed by atoms with Crippen LogP contribution in [0.5, 0.6) is 0 Å². The van der Waals surface area contributed by atoms with Gasteiger partial charge in [-0.3, -0.25) is 5.41 Å². The molecule has 1 aromatic carbocycles. The minimum absolute atomic E-state index is 0.000385. The van der Waals surface area contributed by atoms with Crippen LogP contribution in [0.2, 0.25) is 0 Å². The number of nitrogens with two attached hydrogens (primary N) is 1. The number of hydrogen-bond acceptors (Lipinski definition) is 3. The van der Waals surface area contributed by atoms with Gasteiger partial charge in [0.2, 0.25) is 10.0 Å². The van der Waals surface area contributed by atoms with Crippen molar-refractivity contribution in [1.82, 2.24) is 4.31 Å². The molecular formula is C15H25N3O2S. The molecule has 0 aliphatic heterocycles. The smallest absolute Gasteiger partial charge is 0.243 e. The van der Waals surface area contributed by atoms with Gasteiger partial charge in [0.05, 0.1) is 10.7 Å². The Kier molecular flexibility index (Phi) is 5.92. The summed E-state index contributed by atoms with van der Waals surface area (Å²) in [5.41, 5.74) is 7.14. The van der Waals surface area contributed by atoms with Gasteiger partial charge in [-0.1, -0.05) is 31.5 Å². The van der Waals surface area contributed by atoms with Crippen LogP contribution in [0.4, 0.5) is 0 Å². The molecule has 6 heteroatoms. The predicted molar refractivity (Wildman–Crippen MR) is 86.0 cm³/mol. The fraction of sp³-hybridized carbons (Fsp3) is 0.533. The molecule has 1 rings (SSSR count). The zero-order valence-corrected chi connectivity index (χ0v) is 14.0. The maximum atomic E-state index is 12.8. The Labute approximate surface area is 127 Å². The molecule has 0 fully saturated rings. The largest absolute Gasteiger partial charge is 0.388 e. The van der Waals surface area contributed by atoms with Gasteiger partial charge in [-0.05, 0) is 31.4 Å². The van der Waals surface area contributed by atoms with E-state index in [0.717, 1.165) is 11.1 Å². The number of nitrogens with zero attached hydrogens (tertiary/aromatic N) is 1. The third-order valence-corrected chi connectivity index (χ3v) is 5.17. The Morgan fingerprint density at radius 2 is 1.95 bits per heavy atom. The lowest BCUT2D eigenvalue weighted by molar-refractivity contribution is 0.374. The first kappa shape index (κ1) is 17.7. The fourth-order valence-electron chi connectivity index (χ4n) is 2.19. The Morgan fingerprint density at radius 3 is 2.43 bits per heavy atom. The average molecular weight is 311 g/mol. The number of nitrogens with one attached hydrogen (secondary N) is 1. The lowest BCUT2D eigenvalue weighted by atomic mass is 10.2. The molecule has 0 atom stereocenters. The lowest BCUT2D eigenvalue weighted by Gasteiger charge is -2.24. The molecule has 0 unspecified atom stereocenters. The standard InChI is InChI=1S/C15H25N3O2S/c1-11(2)10-18(8-7-15(16)17)21(19,20)14-6-5-12(3)9-13(14)4/h5-6,9,11H,7-8,10H2,1-4H3,(H3,16,17). The summed E-state index contributed by atoms with van der Waals surface area (Å²) >= 11 is 0. The van der Waals surface area contributed by atoms with Crippen molar-refractivity contribution in [2.45, 2.75) is 39.0 Å². The van der Waals surface area contributed by atoms with Crippen LogP contribution in [0.3, 0.4) is 0 Å². The Balaban J connectivity index is 3.16. The SMILES string of the molecule is Cc1ccc(S(=O)(=O)N(CCC(=N)N)CC(C)C)c(C)c1. The van der Waals surface area contributed by atoms with Gasteiger partial charge in [-0.2, -0.15) is 4.31 Å². The molecule has 3 N–H and O–H groups in total. The summed E-state index contributed by atoms with van der Waals surface area (Å²) in [4.78, 5) is 0.331. The number of rotatable bonds is 7. The molecule has 21 heavy (non-hydrogen) atoms. The normalized spacial score (nSPS) is 12.1. The zero-order valence-electron chi connectivity index (χ0n) is 13.2. The third-order valence-electron chi connectivity index (χ3n) is 3.15. The molecule has 5 nitrogen and oxygen atoms in total. The van der Waals surface area contributed by atoms with Gasteiger partial charge in [0, 0.05) is 19.5 Å². The number of benzene rings is 1. The highest BCUT2D eigenvalue weighted by atomic mass is 32.2. The Hall–Kier alpha value is -1.40. The quantitative estimate of drug-likeness (QED) is 0.598. The van der Waals surface area contributed by atoms with Gasteiger partial charge >= 0.3 is 0 Å². The van der Waals surface area contributed by atoms with E-state index < -0.39 is 10.0 Å². The molecule has 0 saturated carbocycles. The number of sulfonamides is 1. The number of aryl methyl sites for hydroxylation is 2. The first-order valence-corrected chi connectivity index (χ1v) is 8.49. The van der Waals surface area contributed by atoms with E-state index in [9.17, 15) is 8.42 Å². The minimum Gasteiger partial charge on any atom is -0.388 e. The van der Waals surface area contributed by atoms with E-state index in [-0.39, 0.29) is 24.7 Å². The van der Waals surface area contributed by atoms with E-state index in [1.807, 2.05) is 26.8 Å². The second-order valence-electron chi connectivity index (χ2n) is 5.80. The highest BCUT2D eigenvalue weighted by Crippen LogP contribution is 2.22. The van der Waals surface area contributed by atoms with Crippen LogP contribution in [0, 0.1) is 25.2 Å². The second kappa shape index (κ2) is 7.04. The summed E-state index contributed by atoms with van der Waals surface area (Å²) in [5.74, 6) is 0.206. The van der Waals surface area contributed by atoms with Crippen molar-refractivity contribution < 1.29 is 8.42 Å². The highest BCUT2D eigenvalue weighted by Gasteiger charge is 2.26. The monoisotopic (exact) mass is 311 g/mol. The molecule has 1 aromatic rings. The number of hydrogen-bond donors (Lipinski definition) is 2. The van der Waals surface area contributed by atoms with Crippen molar-refractivity contribution in [2.24, 2.45) is 11.7 Å². The Morgan fingerprint density at radius 1 is 1.33 bits per heavy atom. The third kappa shape index (κ3) is 4.82. The van der Waals surface area contributed by atoms with Crippen molar-refractivity contribution in [3.63, 3.8) is 0 Å². The van der Waals surface area contributed by atoms with Gasteiger partial charge in [-0.15, -0.1) is 0 Å². The molecule has 0 bridgehead atoms. The zero-order chi connectivity index (χ0) is 16.2. The van der Waals surface area contributed by atoms with E-state index in [4.69, 9.17) is 11.1 Å². The minimum atomic E-state index is -3.56. The van der Waals surface area contributed by atoms with Crippen LogP contribution in [0.15, 0.2) is 23.1 Å². The fourth-order valence-corrected chi connectivity index (χ4v) is 4.00. The average Bonchev–Trinajstić information content (AvgIpc) is 2.33. The molecule has 0 saturated heterocycles. The van der Waals surface area contributed by atoms with Crippen molar-refractivity contribution in [3.05, 3.63) is 29.3 Å². The summed E-state index contributed by atoms with van der Waals surface area (Å²) in [6.45, 7) is 8.34. The molecule has 0 heterocycles. The van der Waals surface area contributed by atoms with Crippen LogP contribution in [0.25, 0.3) is 0 Å². The van der Waals surface area contributed by atoms with Crippen molar-refractivity contribution >= 4 is 15.9 Å². The maximum Gasteiger partial charge on any atom is 0.243 e. The Bertz CT molecular complexity index is 609. The van der Waals surface area contributed by atoms with Gasteiger partial charge in [0.1, 0.15) is 0 Å². The van der Waals surface area contributed by atoms with Crippen LogP contribution in [-0.4, -0.2) is 31.6 Å². The second-order valence-corrected chi connectivity index (χ2v) is 7.71. The van der Waals surface area contributed by atoms with Crippen molar-refractivity contribution in [3.8, 4) is 0 Å².